The lowest BCUT2D eigenvalue weighted by Crippen LogP contribution is -2.48. The zero-order valence-corrected chi connectivity index (χ0v) is 26.6. The van der Waals surface area contributed by atoms with Gasteiger partial charge in [0.15, 0.2) is 0 Å². The monoisotopic (exact) mass is 644 g/mol. The van der Waals surface area contributed by atoms with Gasteiger partial charge in [-0.2, -0.15) is 4.98 Å². The van der Waals surface area contributed by atoms with Crippen molar-refractivity contribution in [2.45, 2.75) is 25.8 Å². The van der Waals surface area contributed by atoms with Gasteiger partial charge in [0.2, 0.25) is 11.9 Å². The first kappa shape index (κ1) is 32.0. The van der Waals surface area contributed by atoms with E-state index >= 15 is 0 Å². The molecule has 1 N–H and O–H groups in total. The molecule has 3 aromatic rings. The molecule has 11 nitrogen and oxygen atoms in total. The number of fused-ring (bicyclic) bond motifs is 1. The van der Waals surface area contributed by atoms with Gasteiger partial charge in [-0.1, -0.05) is 29.8 Å². The van der Waals surface area contributed by atoms with Gasteiger partial charge in [0.25, 0.3) is 5.56 Å². The maximum absolute atomic E-state index is 14.2. The molecule has 0 radical (unpaired) electrons. The number of ether oxygens (including phenoxy) is 3. The number of piperazine rings is 1. The van der Waals surface area contributed by atoms with E-state index in [-0.39, 0.29) is 21.5 Å². The highest BCUT2D eigenvalue weighted by Gasteiger charge is 2.24. The standard InChI is InChI=1S/C31H38Cl2N6O5/c1-4-25(40)38-13-11-37(12-14-38)9-5-10-39-29-21(18-35-31(36-29)34-8-6-20-7-15-44-19-20)16-22(30(39)41)26-27(32)23(42-2)17-24(43-3)28(26)33/h4,16-18,20H,1,5-15,19H2,2-3H3,(H,34,35,36). The zero-order valence-electron chi connectivity index (χ0n) is 25.1. The van der Waals surface area contributed by atoms with E-state index in [2.05, 4.69) is 21.8 Å². The normalized spacial score (nSPS) is 17.2. The molecule has 2 aliphatic rings. The van der Waals surface area contributed by atoms with Crippen molar-refractivity contribution in [1.82, 2.24) is 24.3 Å². The smallest absolute Gasteiger partial charge is 0.260 e. The van der Waals surface area contributed by atoms with Gasteiger partial charge < -0.3 is 24.4 Å². The number of rotatable bonds is 12. The van der Waals surface area contributed by atoms with Crippen molar-refractivity contribution < 1.29 is 19.0 Å². The molecule has 0 spiro atoms. The second-order valence-corrected chi connectivity index (χ2v) is 11.7. The maximum Gasteiger partial charge on any atom is 0.260 e. The molecule has 44 heavy (non-hydrogen) atoms. The molecule has 0 saturated carbocycles. The van der Waals surface area contributed by atoms with Gasteiger partial charge in [-0.05, 0) is 43.9 Å². The Kier molecular flexibility index (Phi) is 10.6. The van der Waals surface area contributed by atoms with Crippen LogP contribution in [-0.4, -0.2) is 96.9 Å². The number of amides is 1. The third-order valence-electron chi connectivity index (χ3n) is 8.24. The summed E-state index contributed by atoms with van der Waals surface area (Å²) in [6.07, 6.45) is 5.75. The van der Waals surface area contributed by atoms with E-state index in [0.29, 0.717) is 78.1 Å². The van der Waals surface area contributed by atoms with Crippen LogP contribution in [0.2, 0.25) is 10.0 Å². The Morgan fingerprint density at radius 2 is 1.86 bits per heavy atom. The van der Waals surface area contributed by atoms with E-state index in [1.54, 1.807) is 27.8 Å². The Labute approximate surface area is 266 Å². The number of hydrogen-bond donors (Lipinski definition) is 1. The van der Waals surface area contributed by atoms with Crippen LogP contribution in [0.3, 0.4) is 0 Å². The van der Waals surface area contributed by atoms with Crippen LogP contribution in [0.5, 0.6) is 11.5 Å². The van der Waals surface area contributed by atoms with Crippen LogP contribution in [0, 0.1) is 5.92 Å². The molecule has 4 heterocycles. The highest BCUT2D eigenvalue weighted by Crippen LogP contribution is 2.45. The molecule has 0 bridgehead atoms. The van der Waals surface area contributed by atoms with Crippen LogP contribution in [0.4, 0.5) is 5.95 Å². The molecular weight excluding hydrogens is 607 g/mol. The summed E-state index contributed by atoms with van der Waals surface area (Å²) in [6, 6.07) is 3.31. The molecule has 2 aromatic heterocycles. The number of methoxy groups -OCH3 is 2. The number of nitrogens with one attached hydrogen (secondary N) is 1. The number of nitrogens with zero attached hydrogens (tertiary/aromatic N) is 5. The van der Waals surface area contributed by atoms with Crippen LogP contribution >= 0.6 is 23.2 Å². The topological polar surface area (TPSA) is 111 Å². The first-order valence-electron chi connectivity index (χ1n) is 14.8. The second-order valence-electron chi connectivity index (χ2n) is 10.9. The molecule has 236 valence electrons. The van der Waals surface area contributed by atoms with Crippen molar-refractivity contribution >= 4 is 46.1 Å². The Bertz CT molecular complexity index is 1540. The van der Waals surface area contributed by atoms with Gasteiger partial charge >= 0.3 is 0 Å². The van der Waals surface area contributed by atoms with E-state index in [4.69, 9.17) is 42.4 Å². The van der Waals surface area contributed by atoms with Gasteiger partial charge in [0.05, 0.1) is 29.8 Å². The average Bonchev–Trinajstić information content (AvgIpc) is 3.56. The van der Waals surface area contributed by atoms with Crippen LogP contribution in [0.15, 0.2) is 35.8 Å². The predicted molar refractivity (Wildman–Crippen MR) is 172 cm³/mol. The molecule has 13 heteroatoms. The summed E-state index contributed by atoms with van der Waals surface area (Å²) < 4.78 is 18.1. The first-order chi connectivity index (χ1) is 21.3. The van der Waals surface area contributed by atoms with Gasteiger partial charge in [0.1, 0.15) is 17.1 Å². The highest BCUT2D eigenvalue weighted by atomic mass is 35.5. The van der Waals surface area contributed by atoms with E-state index in [0.717, 1.165) is 45.7 Å². The third-order valence-corrected chi connectivity index (χ3v) is 8.99. The molecule has 2 saturated heterocycles. The number of halogens is 2. The maximum atomic E-state index is 14.2. The lowest BCUT2D eigenvalue weighted by atomic mass is 10.0. The lowest BCUT2D eigenvalue weighted by molar-refractivity contribution is -0.127. The van der Waals surface area contributed by atoms with Crippen LogP contribution < -0.4 is 20.3 Å². The zero-order chi connectivity index (χ0) is 31.2. The summed E-state index contributed by atoms with van der Waals surface area (Å²) in [5.41, 5.74) is 0.857. The summed E-state index contributed by atoms with van der Waals surface area (Å²) in [7, 11) is 2.98. The van der Waals surface area contributed by atoms with Crippen LogP contribution in [0.25, 0.3) is 22.2 Å². The fourth-order valence-electron chi connectivity index (χ4n) is 5.73. The predicted octanol–water partition coefficient (Wildman–Crippen LogP) is 4.34. The quantitative estimate of drug-likeness (QED) is 0.288. The van der Waals surface area contributed by atoms with Gasteiger partial charge in [-0.3, -0.25) is 19.1 Å². The number of anilines is 1. The molecule has 1 aromatic carbocycles. The molecule has 1 amide bonds. The largest absolute Gasteiger partial charge is 0.495 e. The van der Waals surface area contributed by atoms with Crippen molar-refractivity contribution in [3.05, 3.63) is 51.4 Å². The number of aromatic nitrogens is 3. The number of carbonyl (C=O) groups excluding carboxylic acids is 1. The molecule has 1 unspecified atom stereocenters. The van der Waals surface area contributed by atoms with Gasteiger partial charge in [-0.15, -0.1) is 0 Å². The SMILES string of the molecule is C=CC(=O)N1CCN(CCCn2c(=O)c(-c3c(Cl)c(OC)cc(OC)c3Cl)cc3cnc(NCCC4CCOC4)nc32)CC1. The van der Waals surface area contributed by atoms with Crippen LogP contribution in [-0.2, 0) is 16.1 Å². The lowest BCUT2D eigenvalue weighted by Gasteiger charge is -2.34. The summed E-state index contributed by atoms with van der Waals surface area (Å²) in [6.45, 7) is 9.84. The molecule has 1 atom stereocenters. The summed E-state index contributed by atoms with van der Waals surface area (Å²) in [4.78, 5) is 39.6. The number of aryl methyl sites for hydroxylation is 1. The summed E-state index contributed by atoms with van der Waals surface area (Å²) in [5.74, 6) is 1.61. The van der Waals surface area contributed by atoms with E-state index < -0.39 is 0 Å². The van der Waals surface area contributed by atoms with Crippen LogP contribution in [0.1, 0.15) is 19.3 Å². The number of hydrogen-bond acceptors (Lipinski definition) is 9. The van der Waals surface area contributed by atoms with Crippen molar-refractivity contribution in [3.8, 4) is 22.6 Å². The first-order valence-corrected chi connectivity index (χ1v) is 15.6. The molecule has 2 aliphatic heterocycles. The Balaban J connectivity index is 1.46. The minimum absolute atomic E-state index is 0.0494. The van der Waals surface area contributed by atoms with Crippen molar-refractivity contribution in [2.24, 2.45) is 5.92 Å². The molecule has 2 fully saturated rings. The summed E-state index contributed by atoms with van der Waals surface area (Å²) in [5, 5.41) is 4.40. The Morgan fingerprint density at radius 3 is 2.50 bits per heavy atom. The average molecular weight is 646 g/mol. The number of carbonyl (C=O) groups is 1. The molecule has 5 rings (SSSR count). The Hall–Kier alpha value is -3.38. The molecular formula is C31H38Cl2N6O5. The molecule has 0 aliphatic carbocycles. The fraction of sp³-hybridized carbons (Fsp3) is 0.484. The third kappa shape index (κ3) is 6.96. The minimum atomic E-state index is -0.286. The van der Waals surface area contributed by atoms with E-state index in [1.807, 2.05) is 0 Å². The summed E-state index contributed by atoms with van der Waals surface area (Å²) >= 11 is 13.5. The van der Waals surface area contributed by atoms with Gasteiger partial charge in [0, 0.05) is 75.7 Å². The number of benzene rings is 1. The second kappa shape index (κ2) is 14.6. The van der Waals surface area contributed by atoms with Gasteiger partial charge in [-0.25, -0.2) is 4.98 Å². The Morgan fingerprint density at radius 1 is 1.14 bits per heavy atom. The number of pyridine rings is 1. The van der Waals surface area contributed by atoms with E-state index in [9.17, 15) is 9.59 Å². The van der Waals surface area contributed by atoms with Crippen molar-refractivity contribution in [2.75, 3.05) is 72.0 Å². The van der Waals surface area contributed by atoms with Crippen molar-refractivity contribution in [1.29, 1.82) is 0 Å². The van der Waals surface area contributed by atoms with E-state index in [1.165, 1.54) is 20.3 Å². The fourth-order valence-corrected chi connectivity index (χ4v) is 6.43. The van der Waals surface area contributed by atoms with Crippen molar-refractivity contribution in [3.63, 3.8) is 0 Å². The minimum Gasteiger partial charge on any atom is -0.495 e. The highest BCUT2D eigenvalue weighted by molar-refractivity contribution is 6.41.